The summed E-state index contributed by atoms with van der Waals surface area (Å²) in [5.41, 5.74) is 1.52. The number of carbonyl (C=O) groups is 1. The van der Waals surface area contributed by atoms with E-state index in [9.17, 15) is 14.9 Å². The fraction of sp³-hybridized carbons (Fsp3) is 0.231. The van der Waals surface area contributed by atoms with Crippen LogP contribution in [0.4, 0.5) is 5.69 Å². The van der Waals surface area contributed by atoms with Crippen molar-refractivity contribution in [1.82, 2.24) is 15.1 Å². The molecule has 1 aromatic heterocycles. The molecule has 1 N–H and O–H groups in total. The maximum Gasteiger partial charge on any atom is 0.269 e. The van der Waals surface area contributed by atoms with Gasteiger partial charge in [0, 0.05) is 37.5 Å². The van der Waals surface area contributed by atoms with Gasteiger partial charge < -0.3 is 4.90 Å². The summed E-state index contributed by atoms with van der Waals surface area (Å²) in [6, 6.07) is 6.11. The number of benzene rings is 1. The standard InChI is InChI=1S/C13H14N4O3/c1-16(9-11-7-14-15-8-11)13(18)6-10-3-2-4-12(5-10)17(19)20/h2-5,7-8H,6,9H2,1H3,(H,14,15). The Kier molecular flexibility index (Phi) is 4.09. The van der Waals surface area contributed by atoms with Crippen LogP contribution in [0.2, 0.25) is 0 Å². The maximum absolute atomic E-state index is 12.0. The average Bonchev–Trinajstić information content (AvgIpc) is 2.91. The predicted octanol–water partition coefficient (Wildman–Crippen LogP) is 1.52. The number of aromatic nitrogens is 2. The molecule has 0 unspecified atom stereocenters. The number of amides is 1. The van der Waals surface area contributed by atoms with Gasteiger partial charge in [-0.2, -0.15) is 5.10 Å². The largest absolute Gasteiger partial charge is 0.341 e. The molecule has 2 rings (SSSR count). The summed E-state index contributed by atoms with van der Waals surface area (Å²) in [5, 5.41) is 17.2. The quantitative estimate of drug-likeness (QED) is 0.661. The molecule has 0 fully saturated rings. The Morgan fingerprint density at radius 2 is 2.25 bits per heavy atom. The zero-order chi connectivity index (χ0) is 14.5. The van der Waals surface area contributed by atoms with Crippen LogP contribution in [0.15, 0.2) is 36.7 Å². The second kappa shape index (κ2) is 5.96. The monoisotopic (exact) mass is 274 g/mol. The lowest BCUT2D eigenvalue weighted by Gasteiger charge is -2.16. The van der Waals surface area contributed by atoms with Crippen LogP contribution in [0, 0.1) is 10.1 Å². The molecule has 0 aliphatic carbocycles. The van der Waals surface area contributed by atoms with Crippen molar-refractivity contribution in [2.45, 2.75) is 13.0 Å². The number of hydrogen-bond donors (Lipinski definition) is 1. The van der Waals surface area contributed by atoms with Crippen molar-refractivity contribution in [2.75, 3.05) is 7.05 Å². The minimum Gasteiger partial charge on any atom is -0.341 e. The molecule has 7 nitrogen and oxygen atoms in total. The molecule has 2 aromatic rings. The smallest absolute Gasteiger partial charge is 0.269 e. The topological polar surface area (TPSA) is 92.1 Å². The molecule has 0 aliphatic heterocycles. The van der Waals surface area contributed by atoms with Crippen molar-refractivity contribution in [3.8, 4) is 0 Å². The van der Waals surface area contributed by atoms with E-state index in [1.807, 2.05) is 0 Å². The Bertz CT molecular complexity index is 610. The summed E-state index contributed by atoms with van der Waals surface area (Å²) in [4.78, 5) is 23.8. The number of rotatable bonds is 5. The molecule has 1 amide bonds. The van der Waals surface area contributed by atoms with Crippen molar-refractivity contribution in [3.05, 3.63) is 57.9 Å². The maximum atomic E-state index is 12.0. The number of carbonyl (C=O) groups excluding carboxylic acids is 1. The van der Waals surface area contributed by atoms with Crippen LogP contribution in [0.3, 0.4) is 0 Å². The number of nitro groups is 1. The Labute approximate surface area is 115 Å². The van der Waals surface area contributed by atoms with Gasteiger partial charge >= 0.3 is 0 Å². The molecule has 0 radical (unpaired) electrons. The van der Waals surface area contributed by atoms with E-state index in [4.69, 9.17) is 0 Å². The molecule has 0 spiro atoms. The number of aromatic amines is 1. The zero-order valence-electron chi connectivity index (χ0n) is 10.9. The third-order valence-electron chi connectivity index (χ3n) is 2.88. The van der Waals surface area contributed by atoms with Gasteiger partial charge in [-0.15, -0.1) is 0 Å². The van der Waals surface area contributed by atoms with Crippen LogP contribution < -0.4 is 0 Å². The van der Waals surface area contributed by atoms with E-state index < -0.39 is 4.92 Å². The van der Waals surface area contributed by atoms with Crippen LogP contribution in [0.25, 0.3) is 0 Å². The lowest BCUT2D eigenvalue weighted by atomic mass is 10.1. The van der Waals surface area contributed by atoms with Gasteiger partial charge in [0.1, 0.15) is 0 Å². The van der Waals surface area contributed by atoms with Crippen LogP contribution in [0.1, 0.15) is 11.1 Å². The highest BCUT2D eigenvalue weighted by Crippen LogP contribution is 2.14. The molecule has 7 heteroatoms. The Balaban J connectivity index is 2.00. The molecular weight excluding hydrogens is 260 g/mol. The highest BCUT2D eigenvalue weighted by atomic mass is 16.6. The molecule has 0 bridgehead atoms. The summed E-state index contributed by atoms with van der Waals surface area (Å²) in [5.74, 6) is -0.105. The van der Waals surface area contributed by atoms with Crippen molar-refractivity contribution >= 4 is 11.6 Å². The summed E-state index contributed by atoms with van der Waals surface area (Å²) in [7, 11) is 1.69. The van der Waals surface area contributed by atoms with Gasteiger partial charge in [-0.3, -0.25) is 20.0 Å². The molecule has 0 atom stereocenters. The molecule has 0 saturated heterocycles. The first-order valence-electron chi connectivity index (χ1n) is 6.01. The number of likely N-dealkylation sites (N-methyl/N-ethyl adjacent to an activating group) is 1. The molecule has 1 heterocycles. The summed E-state index contributed by atoms with van der Waals surface area (Å²) < 4.78 is 0. The van der Waals surface area contributed by atoms with Crippen LogP contribution >= 0.6 is 0 Å². The van der Waals surface area contributed by atoms with Gasteiger partial charge in [0.05, 0.1) is 17.5 Å². The Morgan fingerprint density at radius 3 is 2.90 bits per heavy atom. The first-order chi connectivity index (χ1) is 9.56. The van der Waals surface area contributed by atoms with Gasteiger partial charge in [-0.05, 0) is 5.56 Å². The van der Waals surface area contributed by atoms with Gasteiger partial charge in [-0.25, -0.2) is 0 Å². The van der Waals surface area contributed by atoms with Crippen LogP contribution in [0.5, 0.6) is 0 Å². The van der Waals surface area contributed by atoms with Crippen molar-refractivity contribution in [2.24, 2.45) is 0 Å². The molecule has 104 valence electrons. The third-order valence-corrected chi connectivity index (χ3v) is 2.88. The highest BCUT2D eigenvalue weighted by molar-refractivity contribution is 5.78. The van der Waals surface area contributed by atoms with E-state index in [1.165, 1.54) is 12.1 Å². The molecule has 0 saturated carbocycles. The number of H-pyrrole nitrogens is 1. The van der Waals surface area contributed by atoms with Crippen LogP contribution in [-0.4, -0.2) is 33.0 Å². The minimum absolute atomic E-state index is 0.00668. The predicted molar refractivity (Wildman–Crippen MR) is 71.9 cm³/mol. The van der Waals surface area contributed by atoms with Gasteiger partial charge in [0.25, 0.3) is 5.69 Å². The lowest BCUT2D eigenvalue weighted by Crippen LogP contribution is -2.27. The van der Waals surface area contributed by atoms with Gasteiger partial charge in [-0.1, -0.05) is 12.1 Å². The van der Waals surface area contributed by atoms with E-state index in [0.29, 0.717) is 12.1 Å². The molecule has 20 heavy (non-hydrogen) atoms. The number of nitrogens with zero attached hydrogens (tertiary/aromatic N) is 3. The van der Waals surface area contributed by atoms with E-state index >= 15 is 0 Å². The molecule has 0 aliphatic rings. The second-order valence-corrected chi connectivity index (χ2v) is 4.46. The normalized spacial score (nSPS) is 10.2. The van der Waals surface area contributed by atoms with Crippen molar-refractivity contribution < 1.29 is 9.72 Å². The van der Waals surface area contributed by atoms with E-state index in [-0.39, 0.29) is 18.0 Å². The van der Waals surface area contributed by atoms with E-state index in [1.54, 1.807) is 36.5 Å². The fourth-order valence-electron chi connectivity index (χ4n) is 1.82. The molecule has 1 aromatic carbocycles. The number of non-ortho nitro benzene ring substituents is 1. The number of nitro benzene ring substituents is 1. The van der Waals surface area contributed by atoms with Crippen molar-refractivity contribution in [1.29, 1.82) is 0 Å². The number of nitrogens with one attached hydrogen (secondary N) is 1. The summed E-state index contributed by atoms with van der Waals surface area (Å²) in [6.07, 6.45) is 3.50. The third kappa shape index (κ3) is 3.41. The number of hydrogen-bond acceptors (Lipinski definition) is 4. The van der Waals surface area contributed by atoms with Gasteiger partial charge in [0.15, 0.2) is 0 Å². The summed E-state index contributed by atoms with van der Waals surface area (Å²) >= 11 is 0. The van der Waals surface area contributed by atoms with Crippen molar-refractivity contribution in [3.63, 3.8) is 0 Å². The second-order valence-electron chi connectivity index (χ2n) is 4.46. The average molecular weight is 274 g/mol. The lowest BCUT2D eigenvalue weighted by molar-refractivity contribution is -0.384. The fourth-order valence-corrected chi connectivity index (χ4v) is 1.82. The minimum atomic E-state index is -0.469. The first kappa shape index (κ1) is 13.7. The van der Waals surface area contributed by atoms with E-state index in [0.717, 1.165) is 5.56 Å². The SMILES string of the molecule is CN(Cc1cn[nH]c1)C(=O)Cc1cccc([N+](=O)[O-])c1. The zero-order valence-corrected chi connectivity index (χ0v) is 10.9. The molecular formula is C13H14N4O3. The first-order valence-corrected chi connectivity index (χ1v) is 6.01. The summed E-state index contributed by atoms with van der Waals surface area (Å²) in [6.45, 7) is 0.449. The Hall–Kier alpha value is -2.70. The van der Waals surface area contributed by atoms with Crippen LogP contribution in [-0.2, 0) is 17.8 Å². The Morgan fingerprint density at radius 1 is 1.45 bits per heavy atom. The van der Waals surface area contributed by atoms with E-state index in [2.05, 4.69) is 10.2 Å². The van der Waals surface area contributed by atoms with Gasteiger partial charge in [0.2, 0.25) is 5.91 Å². The highest BCUT2D eigenvalue weighted by Gasteiger charge is 2.13.